The molecule has 3 aromatic rings. The lowest BCUT2D eigenvalue weighted by atomic mass is 9.97. The zero-order chi connectivity index (χ0) is 22.5. The van der Waals surface area contributed by atoms with Crippen LogP contribution in [0.25, 0.3) is 0 Å². The average Bonchev–Trinajstić information content (AvgIpc) is 2.81. The summed E-state index contributed by atoms with van der Waals surface area (Å²) in [4.78, 5) is 24.0. The Bertz CT molecular complexity index is 1070. The Morgan fingerprint density at radius 3 is 2.59 bits per heavy atom. The van der Waals surface area contributed by atoms with E-state index in [-0.39, 0.29) is 11.8 Å². The molecule has 0 spiro atoms. The predicted octanol–water partition coefficient (Wildman–Crippen LogP) is 5.56. The Labute approximate surface area is 189 Å². The van der Waals surface area contributed by atoms with Gasteiger partial charge in [0.2, 0.25) is 5.91 Å². The fourth-order valence-electron chi connectivity index (χ4n) is 3.96. The molecule has 1 N–H and O–H groups in total. The maximum atomic E-state index is 13.0. The number of rotatable bonds is 6. The number of benzene rings is 2. The summed E-state index contributed by atoms with van der Waals surface area (Å²) in [5, 5.41) is 3.08. The zero-order valence-electron chi connectivity index (χ0n) is 18.9. The van der Waals surface area contributed by atoms with E-state index in [2.05, 4.69) is 46.2 Å². The number of ether oxygens (including phenoxy) is 1. The molecular weight excluding hydrogens is 400 g/mol. The molecule has 0 radical (unpaired) electrons. The summed E-state index contributed by atoms with van der Waals surface area (Å²) in [6.07, 6.45) is 5.05. The summed E-state index contributed by atoms with van der Waals surface area (Å²) in [5.74, 6) is 2.28. The first-order chi connectivity index (χ1) is 15.5. The standard InChI is InChI=1S/C26H30N4O2/c1-18(2)20-10-12-22(13-11-20)29-25(31)21-8-6-16-30(17-21)24-26(28-15-14-27-24)32-23-9-5-4-7-19(23)3/h4-5,7,9-15,18,21H,6,8,16-17H2,1-3H3,(H,29,31)/t21-/m0/s1. The van der Waals surface area contributed by atoms with Crippen molar-refractivity contribution in [3.63, 3.8) is 0 Å². The van der Waals surface area contributed by atoms with Crippen LogP contribution < -0.4 is 15.0 Å². The number of hydrogen-bond acceptors (Lipinski definition) is 5. The quantitative estimate of drug-likeness (QED) is 0.555. The molecule has 1 saturated heterocycles. The van der Waals surface area contributed by atoms with Gasteiger partial charge < -0.3 is 15.0 Å². The zero-order valence-corrected chi connectivity index (χ0v) is 18.9. The van der Waals surface area contributed by atoms with E-state index in [1.54, 1.807) is 12.4 Å². The average molecular weight is 431 g/mol. The summed E-state index contributed by atoms with van der Waals surface area (Å²) in [6, 6.07) is 15.9. The lowest BCUT2D eigenvalue weighted by Gasteiger charge is -2.33. The molecule has 1 aromatic heterocycles. The van der Waals surface area contributed by atoms with Crippen LogP contribution in [-0.4, -0.2) is 29.0 Å². The molecule has 1 fully saturated rings. The van der Waals surface area contributed by atoms with Crippen LogP contribution in [0.5, 0.6) is 11.6 Å². The van der Waals surface area contributed by atoms with E-state index in [0.29, 0.717) is 24.2 Å². The summed E-state index contributed by atoms with van der Waals surface area (Å²) in [5.41, 5.74) is 3.12. The molecule has 0 aliphatic carbocycles. The second kappa shape index (κ2) is 9.81. The van der Waals surface area contributed by atoms with Gasteiger partial charge in [0, 0.05) is 31.2 Å². The van der Waals surface area contributed by atoms with Gasteiger partial charge in [0.1, 0.15) is 5.75 Å². The van der Waals surface area contributed by atoms with Crippen LogP contribution in [-0.2, 0) is 4.79 Å². The van der Waals surface area contributed by atoms with Crippen LogP contribution in [0.1, 0.15) is 43.7 Å². The first-order valence-corrected chi connectivity index (χ1v) is 11.2. The summed E-state index contributed by atoms with van der Waals surface area (Å²) >= 11 is 0. The number of aromatic nitrogens is 2. The summed E-state index contributed by atoms with van der Waals surface area (Å²) in [7, 11) is 0. The summed E-state index contributed by atoms with van der Waals surface area (Å²) in [6.45, 7) is 7.72. The topological polar surface area (TPSA) is 67.4 Å². The number of carbonyl (C=O) groups is 1. The van der Waals surface area contributed by atoms with Crippen LogP contribution in [0.3, 0.4) is 0 Å². The third-order valence-electron chi connectivity index (χ3n) is 5.88. The number of anilines is 2. The van der Waals surface area contributed by atoms with Crippen molar-refractivity contribution in [1.29, 1.82) is 0 Å². The minimum Gasteiger partial charge on any atom is -0.436 e. The molecule has 1 amide bonds. The van der Waals surface area contributed by atoms with Crippen molar-refractivity contribution in [2.24, 2.45) is 5.92 Å². The van der Waals surface area contributed by atoms with Crippen molar-refractivity contribution in [2.75, 3.05) is 23.3 Å². The van der Waals surface area contributed by atoms with Crippen LogP contribution in [0.15, 0.2) is 60.9 Å². The monoisotopic (exact) mass is 430 g/mol. The molecular formula is C26H30N4O2. The fraction of sp³-hybridized carbons (Fsp3) is 0.346. The number of amides is 1. The number of carbonyl (C=O) groups excluding carboxylic acids is 1. The van der Waals surface area contributed by atoms with E-state index in [1.165, 1.54) is 5.56 Å². The molecule has 1 atom stereocenters. The summed E-state index contributed by atoms with van der Waals surface area (Å²) < 4.78 is 6.10. The highest BCUT2D eigenvalue weighted by atomic mass is 16.5. The van der Waals surface area contributed by atoms with Crippen LogP contribution in [0.2, 0.25) is 0 Å². The van der Waals surface area contributed by atoms with Crippen molar-refractivity contribution >= 4 is 17.4 Å². The van der Waals surface area contributed by atoms with Gasteiger partial charge in [-0.2, -0.15) is 0 Å². The smallest absolute Gasteiger partial charge is 0.263 e. The predicted molar refractivity (Wildman–Crippen MR) is 127 cm³/mol. The van der Waals surface area contributed by atoms with E-state index in [1.807, 2.05) is 43.3 Å². The van der Waals surface area contributed by atoms with Crippen molar-refractivity contribution in [3.05, 3.63) is 72.1 Å². The second-order valence-corrected chi connectivity index (χ2v) is 8.60. The van der Waals surface area contributed by atoms with Crippen molar-refractivity contribution in [1.82, 2.24) is 9.97 Å². The van der Waals surface area contributed by atoms with E-state index in [4.69, 9.17) is 4.74 Å². The number of nitrogens with zero attached hydrogens (tertiary/aromatic N) is 3. The third-order valence-corrected chi connectivity index (χ3v) is 5.88. The maximum absolute atomic E-state index is 13.0. The maximum Gasteiger partial charge on any atom is 0.263 e. The Kier molecular flexibility index (Phi) is 6.69. The van der Waals surface area contributed by atoms with Gasteiger partial charge in [-0.1, -0.05) is 44.2 Å². The van der Waals surface area contributed by atoms with E-state index in [0.717, 1.165) is 36.4 Å². The third kappa shape index (κ3) is 5.07. The molecule has 166 valence electrons. The second-order valence-electron chi connectivity index (χ2n) is 8.60. The molecule has 4 rings (SSSR count). The van der Waals surface area contributed by atoms with E-state index >= 15 is 0 Å². The molecule has 1 aliphatic heterocycles. The molecule has 6 heteroatoms. The molecule has 0 unspecified atom stereocenters. The largest absolute Gasteiger partial charge is 0.436 e. The van der Waals surface area contributed by atoms with Crippen LogP contribution >= 0.6 is 0 Å². The van der Waals surface area contributed by atoms with Gasteiger partial charge in [-0.05, 0) is 55.0 Å². The Morgan fingerprint density at radius 1 is 1.09 bits per heavy atom. The molecule has 2 aromatic carbocycles. The number of piperidine rings is 1. The van der Waals surface area contributed by atoms with Gasteiger partial charge in [-0.15, -0.1) is 0 Å². The van der Waals surface area contributed by atoms with Gasteiger partial charge in [0.05, 0.1) is 5.92 Å². The first-order valence-electron chi connectivity index (χ1n) is 11.2. The van der Waals surface area contributed by atoms with Crippen LogP contribution in [0, 0.1) is 12.8 Å². The van der Waals surface area contributed by atoms with Gasteiger partial charge in [0.15, 0.2) is 5.82 Å². The van der Waals surface area contributed by atoms with Gasteiger partial charge in [-0.3, -0.25) is 4.79 Å². The van der Waals surface area contributed by atoms with Crippen molar-refractivity contribution in [2.45, 2.75) is 39.5 Å². The van der Waals surface area contributed by atoms with Gasteiger partial charge >= 0.3 is 0 Å². The Morgan fingerprint density at radius 2 is 1.84 bits per heavy atom. The van der Waals surface area contributed by atoms with Gasteiger partial charge in [0.25, 0.3) is 5.88 Å². The molecule has 2 heterocycles. The first kappa shape index (κ1) is 21.8. The SMILES string of the molecule is Cc1ccccc1Oc1nccnc1N1CCC[C@H](C(=O)Nc2ccc(C(C)C)cc2)C1. The highest BCUT2D eigenvalue weighted by molar-refractivity contribution is 5.93. The van der Waals surface area contributed by atoms with E-state index in [9.17, 15) is 4.79 Å². The minimum atomic E-state index is -0.123. The molecule has 0 bridgehead atoms. The molecule has 6 nitrogen and oxygen atoms in total. The Balaban J connectivity index is 1.46. The van der Waals surface area contributed by atoms with Crippen LogP contribution in [0.4, 0.5) is 11.5 Å². The fourth-order valence-corrected chi connectivity index (χ4v) is 3.96. The number of nitrogens with one attached hydrogen (secondary N) is 1. The lowest BCUT2D eigenvalue weighted by molar-refractivity contribution is -0.120. The molecule has 0 saturated carbocycles. The molecule has 32 heavy (non-hydrogen) atoms. The molecule has 1 aliphatic rings. The number of hydrogen-bond donors (Lipinski definition) is 1. The van der Waals surface area contributed by atoms with Gasteiger partial charge in [-0.25, -0.2) is 9.97 Å². The van der Waals surface area contributed by atoms with Crippen molar-refractivity contribution in [3.8, 4) is 11.6 Å². The van der Waals surface area contributed by atoms with Crippen molar-refractivity contribution < 1.29 is 9.53 Å². The highest BCUT2D eigenvalue weighted by Gasteiger charge is 2.28. The normalized spacial score (nSPS) is 16.1. The highest BCUT2D eigenvalue weighted by Crippen LogP contribution is 2.32. The van der Waals surface area contributed by atoms with E-state index < -0.39 is 0 Å². The minimum absolute atomic E-state index is 0.0391. The number of para-hydroxylation sites is 1. The Hall–Kier alpha value is -3.41. The lowest BCUT2D eigenvalue weighted by Crippen LogP contribution is -2.41. The number of aryl methyl sites for hydroxylation is 1.